The van der Waals surface area contributed by atoms with E-state index in [1.165, 1.54) is 0 Å². The van der Waals surface area contributed by atoms with E-state index in [0.29, 0.717) is 19.8 Å². The van der Waals surface area contributed by atoms with Crippen LogP contribution in [0.3, 0.4) is 0 Å². The molecule has 4 rings (SSSR count). The lowest BCUT2D eigenvalue weighted by Gasteiger charge is -2.30. The number of urea groups is 1. The van der Waals surface area contributed by atoms with E-state index in [9.17, 15) is 4.79 Å². The van der Waals surface area contributed by atoms with Crippen molar-refractivity contribution in [2.75, 3.05) is 25.1 Å². The van der Waals surface area contributed by atoms with Crippen LogP contribution in [0.5, 0.6) is 5.75 Å². The number of ether oxygens (including phenoxy) is 2. The highest BCUT2D eigenvalue weighted by Gasteiger charge is 2.26. The number of para-hydroxylation sites is 1. The van der Waals surface area contributed by atoms with Gasteiger partial charge in [0.1, 0.15) is 12.4 Å². The molecule has 6 heteroatoms. The SMILES string of the molecule is O=C(Nc1cccc(COCCOc2ccccc2)c1)N1CCCCCC1c1ccncc1. The Morgan fingerprint density at radius 3 is 2.67 bits per heavy atom. The predicted octanol–water partition coefficient (Wildman–Crippen LogP) is 5.83. The summed E-state index contributed by atoms with van der Waals surface area (Å²) in [4.78, 5) is 19.3. The van der Waals surface area contributed by atoms with Crippen molar-refractivity contribution in [2.45, 2.75) is 38.3 Å². The molecule has 172 valence electrons. The van der Waals surface area contributed by atoms with E-state index in [0.717, 1.165) is 54.8 Å². The Bertz CT molecular complexity index is 998. The third-order valence-electron chi connectivity index (χ3n) is 5.79. The Hall–Kier alpha value is -3.38. The second-order valence-corrected chi connectivity index (χ2v) is 8.18. The monoisotopic (exact) mass is 445 g/mol. The first kappa shape index (κ1) is 22.8. The van der Waals surface area contributed by atoms with Crippen molar-refractivity contribution in [3.8, 4) is 5.75 Å². The summed E-state index contributed by atoms with van der Waals surface area (Å²) in [5, 5.41) is 3.09. The smallest absolute Gasteiger partial charge is 0.322 e. The molecule has 0 radical (unpaired) electrons. The number of anilines is 1. The molecular formula is C27H31N3O3. The minimum Gasteiger partial charge on any atom is -0.491 e. The van der Waals surface area contributed by atoms with Gasteiger partial charge in [0.2, 0.25) is 0 Å². The van der Waals surface area contributed by atoms with Crippen molar-refractivity contribution in [1.29, 1.82) is 0 Å². The summed E-state index contributed by atoms with van der Waals surface area (Å²) in [6, 6.07) is 21.6. The maximum absolute atomic E-state index is 13.2. The number of hydrogen-bond acceptors (Lipinski definition) is 4. The molecule has 3 aromatic rings. The molecule has 6 nitrogen and oxygen atoms in total. The Kier molecular flexibility index (Phi) is 8.30. The first-order chi connectivity index (χ1) is 16.3. The molecule has 1 aliphatic heterocycles. The summed E-state index contributed by atoms with van der Waals surface area (Å²) in [6.45, 7) is 2.20. The van der Waals surface area contributed by atoms with Crippen LogP contribution in [0.15, 0.2) is 79.1 Å². The summed E-state index contributed by atoms with van der Waals surface area (Å²) in [7, 11) is 0. The molecule has 1 atom stereocenters. The van der Waals surface area contributed by atoms with Crippen LogP contribution in [0.1, 0.15) is 42.9 Å². The minimum absolute atomic E-state index is 0.0620. The number of carbonyl (C=O) groups is 1. The molecule has 1 unspecified atom stereocenters. The molecule has 2 aromatic carbocycles. The van der Waals surface area contributed by atoms with Gasteiger partial charge in [-0.3, -0.25) is 4.98 Å². The third-order valence-corrected chi connectivity index (χ3v) is 5.79. The second-order valence-electron chi connectivity index (χ2n) is 8.18. The van der Waals surface area contributed by atoms with Crippen LogP contribution < -0.4 is 10.1 Å². The fourth-order valence-electron chi connectivity index (χ4n) is 4.14. The highest BCUT2D eigenvalue weighted by Crippen LogP contribution is 2.30. The molecular weight excluding hydrogens is 414 g/mol. The van der Waals surface area contributed by atoms with Gasteiger partial charge in [0.05, 0.1) is 19.3 Å². The number of hydrogen-bond donors (Lipinski definition) is 1. The van der Waals surface area contributed by atoms with Gasteiger partial charge in [-0.1, -0.05) is 43.2 Å². The summed E-state index contributed by atoms with van der Waals surface area (Å²) in [6.07, 6.45) is 7.85. The number of rotatable bonds is 8. The zero-order valence-electron chi connectivity index (χ0n) is 18.9. The fourth-order valence-corrected chi connectivity index (χ4v) is 4.14. The molecule has 0 bridgehead atoms. The summed E-state index contributed by atoms with van der Waals surface area (Å²) in [5.41, 5.74) is 2.93. The van der Waals surface area contributed by atoms with Gasteiger partial charge in [-0.25, -0.2) is 4.79 Å². The van der Waals surface area contributed by atoms with Crippen molar-refractivity contribution >= 4 is 11.7 Å². The largest absolute Gasteiger partial charge is 0.491 e. The number of benzene rings is 2. The van der Waals surface area contributed by atoms with Gasteiger partial charge in [-0.2, -0.15) is 0 Å². The topological polar surface area (TPSA) is 63.7 Å². The Balaban J connectivity index is 1.30. The first-order valence-corrected chi connectivity index (χ1v) is 11.6. The molecule has 1 aliphatic rings. The number of aromatic nitrogens is 1. The van der Waals surface area contributed by atoms with E-state index in [-0.39, 0.29) is 12.1 Å². The summed E-state index contributed by atoms with van der Waals surface area (Å²) in [5.74, 6) is 0.837. The molecule has 2 amide bonds. The Morgan fingerprint density at radius 1 is 0.970 bits per heavy atom. The lowest BCUT2D eigenvalue weighted by molar-refractivity contribution is 0.0889. The quantitative estimate of drug-likeness (QED) is 0.443. The number of amides is 2. The molecule has 2 heterocycles. The van der Waals surface area contributed by atoms with Crippen LogP contribution in [-0.4, -0.2) is 35.7 Å². The molecule has 0 saturated carbocycles. The van der Waals surface area contributed by atoms with E-state index >= 15 is 0 Å². The zero-order valence-corrected chi connectivity index (χ0v) is 18.9. The molecule has 1 fully saturated rings. The summed E-state index contributed by atoms with van der Waals surface area (Å²) < 4.78 is 11.4. The average molecular weight is 446 g/mol. The lowest BCUT2D eigenvalue weighted by Crippen LogP contribution is -2.38. The Morgan fingerprint density at radius 2 is 1.82 bits per heavy atom. The minimum atomic E-state index is -0.0620. The van der Waals surface area contributed by atoms with Gasteiger partial charge >= 0.3 is 6.03 Å². The van der Waals surface area contributed by atoms with Gasteiger partial charge in [0, 0.05) is 24.6 Å². The second kappa shape index (κ2) is 12.0. The van der Waals surface area contributed by atoms with Crippen LogP contribution in [0.2, 0.25) is 0 Å². The molecule has 1 N–H and O–H groups in total. The first-order valence-electron chi connectivity index (χ1n) is 11.6. The lowest BCUT2D eigenvalue weighted by atomic mass is 10.0. The van der Waals surface area contributed by atoms with Gasteiger partial charge in [-0.05, 0) is 60.4 Å². The third kappa shape index (κ3) is 6.80. The molecule has 33 heavy (non-hydrogen) atoms. The number of carbonyl (C=O) groups excluding carboxylic acids is 1. The number of nitrogens with one attached hydrogen (secondary N) is 1. The summed E-state index contributed by atoms with van der Waals surface area (Å²) >= 11 is 0. The molecule has 0 spiro atoms. The van der Waals surface area contributed by atoms with E-state index < -0.39 is 0 Å². The van der Waals surface area contributed by atoms with Crippen molar-refractivity contribution < 1.29 is 14.3 Å². The highest BCUT2D eigenvalue weighted by molar-refractivity contribution is 5.89. The fraction of sp³-hybridized carbons (Fsp3) is 0.333. The molecule has 0 aliphatic carbocycles. The van der Waals surface area contributed by atoms with Crippen LogP contribution in [0, 0.1) is 0 Å². The molecule has 1 saturated heterocycles. The average Bonchev–Trinajstić information content (AvgIpc) is 3.12. The zero-order chi connectivity index (χ0) is 22.7. The van der Waals surface area contributed by atoms with Gasteiger partial charge < -0.3 is 19.7 Å². The highest BCUT2D eigenvalue weighted by atomic mass is 16.5. The standard InChI is InChI=1S/C27H31N3O3/c31-27(30-17-6-2-5-12-26(30)23-13-15-28-16-14-23)29-24-9-7-8-22(20-24)21-32-18-19-33-25-10-3-1-4-11-25/h1,3-4,7-11,13-16,20,26H,2,5-6,12,17-19,21H2,(H,29,31). The van der Waals surface area contributed by atoms with Gasteiger partial charge in [0.15, 0.2) is 0 Å². The van der Waals surface area contributed by atoms with Gasteiger partial charge in [0.25, 0.3) is 0 Å². The van der Waals surface area contributed by atoms with Crippen LogP contribution in [-0.2, 0) is 11.3 Å². The number of pyridine rings is 1. The Labute approximate surface area is 195 Å². The van der Waals surface area contributed by atoms with Crippen molar-refractivity contribution in [2.24, 2.45) is 0 Å². The van der Waals surface area contributed by atoms with Crippen molar-refractivity contribution in [3.63, 3.8) is 0 Å². The van der Waals surface area contributed by atoms with Crippen molar-refractivity contribution in [3.05, 3.63) is 90.3 Å². The van der Waals surface area contributed by atoms with Crippen LogP contribution in [0.4, 0.5) is 10.5 Å². The predicted molar refractivity (Wildman–Crippen MR) is 129 cm³/mol. The maximum Gasteiger partial charge on any atom is 0.322 e. The van der Waals surface area contributed by atoms with Crippen LogP contribution >= 0.6 is 0 Å². The van der Waals surface area contributed by atoms with E-state index in [4.69, 9.17) is 9.47 Å². The molecule has 1 aromatic heterocycles. The van der Waals surface area contributed by atoms with E-state index in [2.05, 4.69) is 10.3 Å². The normalized spacial score (nSPS) is 16.1. The van der Waals surface area contributed by atoms with Gasteiger partial charge in [-0.15, -0.1) is 0 Å². The van der Waals surface area contributed by atoms with Crippen molar-refractivity contribution in [1.82, 2.24) is 9.88 Å². The number of nitrogens with zero attached hydrogens (tertiary/aromatic N) is 2. The van der Waals surface area contributed by atoms with E-state index in [1.54, 1.807) is 12.4 Å². The maximum atomic E-state index is 13.2. The van der Waals surface area contributed by atoms with E-state index in [1.807, 2.05) is 71.6 Å². The van der Waals surface area contributed by atoms with Crippen LogP contribution in [0.25, 0.3) is 0 Å². The number of likely N-dealkylation sites (tertiary alicyclic amines) is 1.